The zero-order chi connectivity index (χ0) is 14.0. The minimum absolute atomic E-state index is 0.0413. The van der Waals surface area contributed by atoms with E-state index in [4.69, 9.17) is 0 Å². The molecule has 0 saturated heterocycles. The third-order valence-electron chi connectivity index (χ3n) is 3.80. The quantitative estimate of drug-likeness (QED) is 0.629. The standard InChI is InChI=1S/C13H16N2O4/c1-9-7-10(15(18)19)3-4-11(9)14-8-13(12(16)17)5-2-6-13/h3-4,7,14H,2,5-6,8H2,1H3,(H,16,17). The second-order valence-electron chi connectivity index (χ2n) is 5.05. The molecule has 1 fully saturated rings. The van der Waals surface area contributed by atoms with Gasteiger partial charge in [0, 0.05) is 24.4 Å². The Morgan fingerprint density at radius 1 is 1.53 bits per heavy atom. The summed E-state index contributed by atoms with van der Waals surface area (Å²) >= 11 is 0. The zero-order valence-corrected chi connectivity index (χ0v) is 10.7. The van der Waals surface area contributed by atoms with Gasteiger partial charge in [0.15, 0.2) is 0 Å². The van der Waals surface area contributed by atoms with Crippen LogP contribution in [-0.2, 0) is 4.79 Å². The van der Waals surface area contributed by atoms with Gasteiger partial charge >= 0.3 is 5.97 Å². The number of nitrogens with zero attached hydrogens (tertiary/aromatic N) is 1. The highest BCUT2D eigenvalue weighted by Gasteiger charge is 2.44. The summed E-state index contributed by atoms with van der Waals surface area (Å²) in [7, 11) is 0. The fourth-order valence-electron chi connectivity index (χ4n) is 2.29. The van der Waals surface area contributed by atoms with Gasteiger partial charge in [-0.05, 0) is 31.4 Å². The van der Waals surface area contributed by atoms with Crippen LogP contribution in [-0.4, -0.2) is 22.5 Å². The molecule has 0 aromatic heterocycles. The first kappa shape index (κ1) is 13.3. The fraction of sp³-hybridized carbons (Fsp3) is 0.462. The molecule has 0 aliphatic heterocycles. The van der Waals surface area contributed by atoms with E-state index in [2.05, 4.69) is 5.32 Å². The largest absolute Gasteiger partial charge is 0.481 e. The third kappa shape index (κ3) is 2.52. The van der Waals surface area contributed by atoms with E-state index in [1.807, 2.05) is 0 Å². The van der Waals surface area contributed by atoms with Crippen LogP contribution in [0.1, 0.15) is 24.8 Å². The van der Waals surface area contributed by atoms with Crippen molar-refractivity contribution in [3.8, 4) is 0 Å². The van der Waals surface area contributed by atoms with Crippen LogP contribution in [0.5, 0.6) is 0 Å². The first-order valence-corrected chi connectivity index (χ1v) is 6.17. The predicted octanol–water partition coefficient (Wildman–Crippen LogP) is 2.57. The van der Waals surface area contributed by atoms with Gasteiger partial charge in [-0.15, -0.1) is 0 Å². The van der Waals surface area contributed by atoms with E-state index < -0.39 is 16.3 Å². The Morgan fingerprint density at radius 2 is 2.21 bits per heavy atom. The summed E-state index contributed by atoms with van der Waals surface area (Å²) in [5.41, 5.74) is 0.862. The van der Waals surface area contributed by atoms with Crippen molar-refractivity contribution in [2.75, 3.05) is 11.9 Å². The van der Waals surface area contributed by atoms with Crippen molar-refractivity contribution in [1.29, 1.82) is 0 Å². The lowest BCUT2D eigenvalue weighted by molar-refractivity contribution is -0.384. The summed E-state index contributed by atoms with van der Waals surface area (Å²) in [5, 5.41) is 23.0. The van der Waals surface area contributed by atoms with Gasteiger partial charge < -0.3 is 10.4 Å². The van der Waals surface area contributed by atoms with Crippen molar-refractivity contribution in [3.63, 3.8) is 0 Å². The SMILES string of the molecule is Cc1cc([N+](=O)[O-])ccc1NCC1(C(=O)O)CCC1. The minimum atomic E-state index is -0.772. The molecule has 0 radical (unpaired) electrons. The monoisotopic (exact) mass is 264 g/mol. The Balaban J connectivity index is 2.08. The third-order valence-corrected chi connectivity index (χ3v) is 3.80. The molecule has 0 atom stereocenters. The number of aryl methyl sites for hydroxylation is 1. The number of rotatable bonds is 5. The molecular formula is C13H16N2O4. The Morgan fingerprint density at radius 3 is 2.63 bits per heavy atom. The van der Waals surface area contributed by atoms with Gasteiger partial charge in [-0.25, -0.2) is 0 Å². The number of aliphatic carboxylic acids is 1. The van der Waals surface area contributed by atoms with Crippen LogP contribution in [0, 0.1) is 22.5 Å². The lowest BCUT2D eigenvalue weighted by atomic mass is 9.69. The summed E-state index contributed by atoms with van der Waals surface area (Å²) in [6.45, 7) is 2.13. The first-order chi connectivity index (χ1) is 8.94. The topological polar surface area (TPSA) is 92.5 Å². The number of carboxylic acid groups (broad SMARTS) is 1. The molecule has 2 rings (SSSR count). The van der Waals surface area contributed by atoms with E-state index in [9.17, 15) is 20.0 Å². The molecule has 1 saturated carbocycles. The number of hydrogen-bond donors (Lipinski definition) is 2. The average Bonchev–Trinajstić information content (AvgIpc) is 2.28. The van der Waals surface area contributed by atoms with E-state index in [0.717, 1.165) is 17.7 Å². The highest BCUT2D eigenvalue weighted by Crippen LogP contribution is 2.41. The second kappa shape index (κ2) is 4.87. The molecule has 6 nitrogen and oxygen atoms in total. The molecule has 1 aliphatic carbocycles. The Bertz CT molecular complexity index is 523. The second-order valence-corrected chi connectivity index (χ2v) is 5.05. The molecule has 19 heavy (non-hydrogen) atoms. The van der Waals surface area contributed by atoms with Crippen LogP contribution in [0.4, 0.5) is 11.4 Å². The molecule has 102 valence electrons. The molecule has 0 unspecified atom stereocenters. The van der Waals surface area contributed by atoms with E-state index in [1.165, 1.54) is 12.1 Å². The number of nitro groups is 1. The van der Waals surface area contributed by atoms with Crippen molar-refractivity contribution in [3.05, 3.63) is 33.9 Å². The van der Waals surface area contributed by atoms with Crippen molar-refractivity contribution in [2.45, 2.75) is 26.2 Å². The van der Waals surface area contributed by atoms with Crippen molar-refractivity contribution < 1.29 is 14.8 Å². The Kier molecular flexibility index (Phi) is 3.42. The van der Waals surface area contributed by atoms with Crippen LogP contribution in [0.15, 0.2) is 18.2 Å². The van der Waals surface area contributed by atoms with Gasteiger partial charge in [0.25, 0.3) is 5.69 Å². The van der Waals surface area contributed by atoms with Crippen LogP contribution >= 0.6 is 0 Å². The van der Waals surface area contributed by atoms with E-state index in [0.29, 0.717) is 19.4 Å². The number of nitro benzene ring substituents is 1. The zero-order valence-electron chi connectivity index (χ0n) is 10.7. The van der Waals surface area contributed by atoms with Gasteiger partial charge in [0.2, 0.25) is 0 Å². The van der Waals surface area contributed by atoms with Crippen LogP contribution < -0.4 is 5.32 Å². The number of benzene rings is 1. The van der Waals surface area contributed by atoms with E-state index in [-0.39, 0.29) is 5.69 Å². The van der Waals surface area contributed by atoms with E-state index in [1.54, 1.807) is 13.0 Å². The highest BCUT2D eigenvalue weighted by molar-refractivity contribution is 5.76. The number of carboxylic acids is 1. The molecule has 2 N–H and O–H groups in total. The maximum absolute atomic E-state index is 11.2. The van der Waals surface area contributed by atoms with Gasteiger partial charge in [-0.1, -0.05) is 6.42 Å². The van der Waals surface area contributed by atoms with E-state index >= 15 is 0 Å². The maximum atomic E-state index is 11.2. The summed E-state index contributed by atoms with van der Waals surface area (Å²) in [6, 6.07) is 4.53. The summed E-state index contributed by atoms with van der Waals surface area (Å²) in [5.74, 6) is -0.772. The first-order valence-electron chi connectivity index (χ1n) is 6.17. The number of non-ortho nitro benzene ring substituents is 1. The average molecular weight is 264 g/mol. The van der Waals surface area contributed by atoms with Crippen LogP contribution in [0.25, 0.3) is 0 Å². The normalized spacial score (nSPS) is 16.5. The molecule has 0 heterocycles. The predicted molar refractivity (Wildman–Crippen MR) is 70.2 cm³/mol. The molecule has 1 aromatic rings. The lowest BCUT2D eigenvalue weighted by Crippen LogP contribution is -2.43. The van der Waals surface area contributed by atoms with Gasteiger partial charge in [0.1, 0.15) is 0 Å². The summed E-state index contributed by atoms with van der Waals surface area (Å²) < 4.78 is 0. The molecule has 6 heteroatoms. The van der Waals surface area contributed by atoms with Crippen LogP contribution in [0.3, 0.4) is 0 Å². The van der Waals surface area contributed by atoms with Crippen molar-refractivity contribution >= 4 is 17.3 Å². The number of anilines is 1. The summed E-state index contributed by atoms with van der Waals surface area (Å²) in [4.78, 5) is 21.4. The molecule has 0 amide bonds. The highest BCUT2D eigenvalue weighted by atomic mass is 16.6. The molecule has 1 aliphatic rings. The van der Waals surface area contributed by atoms with Gasteiger partial charge in [-0.3, -0.25) is 14.9 Å². The Labute approximate surface area is 110 Å². The van der Waals surface area contributed by atoms with Crippen molar-refractivity contribution in [2.24, 2.45) is 5.41 Å². The van der Waals surface area contributed by atoms with Gasteiger partial charge in [-0.2, -0.15) is 0 Å². The molecule has 0 bridgehead atoms. The minimum Gasteiger partial charge on any atom is -0.481 e. The number of carbonyl (C=O) groups is 1. The van der Waals surface area contributed by atoms with Crippen molar-refractivity contribution in [1.82, 2.24) is 0 Å². The van der Waals surface area contributed by atoms with Crippen LogP contribution in [0.2, 0.25) is 0 Å². The van der Waals surface area contributed by atoms with Gasteiger partial charge in [0.05, 0.1) is 10.3 Å². The maximum Gasteiger partial charge on any atom is 0.311 e. The lowest BCUT2D eigenvalue weighted by Gasteiger charge is -2.38. The fourth-order valence-corrected chi connectivity index (χ4v) is 2.29. The molecular weight excluding hydrogens is 248 g/mol. The smallest absolute Gasteiger partial charge is 0.311 e. The number of hydrogen-bond acceptors (Lipinski definition) is 4. The molecule has 0 spiro atoms. The Hall–Kier alpha value is -2.11. The molecule has 1 aromatic carbocycles. The summed E-state index contributed by atoms with van der Waals surface area (Å²) in [6.07, 6.45) is 2.30. The number of nitrogens with one attached hydrogen (secondary N) is 1.